The van der Waals surface area contributed by atoms with Crippen molar-refractivity contribution >= 4 is 40.7 Å². The molecule has 23 heavy (non-hydrogen) atoms. The molecule has 1 aliphatic rings. The van der Waals surface area contributed by atoms with E-state index < -0.39 is 4.92 Å². The van der Waals surface area contributed by atoms with Crippen LogP contribution in [0, 0.1) is 10.1 Å². The molecule has 0 radical (unpaired) electrons. The van der Waals surface area contributed by atoms with Crippen LogP contribution in [-0.4, -0.2) is 15.9 Å². The first-order chi connectivity index (χ1) is 11.1. The van der Waals surface area contributed by atoms with Crippen LogP contribution in [-0.2, 0) is 4.79 Å². The first kappa shape index (κ1) is 14.9. The van der Waals surface area contributed by atoms with E-state index in [9.17, 15) is 14.9 Å². The van der Waals surface area contributed by atoms with Gasteiger partial charge >= 0.3 is 0 Å². The van der Waals surface area contributed by atoms with E-state index in [-0.39, 0.29) is 22.4 Å². The fourth-order valence-corrected chi connectivity index (χ4v) is 2.54. The number of nitro groups is 1. The van der Waals surface area contributed by atoms with Crippen LogP contribution in [0.2, 0.25) is 0 Å². The van der Waals surface area contributed by atoms with Gasteiger partial charge in [-0.2, -0.15) is 0 Å². The summed E-state index contributed by atoms with van der Waals surface area (Å²) in [5.41, 5.74) is 1.46. The van der Waals surface area contributed by atoms with Crippen LogP contribution >= 0.6 is 12.2 Å². The van der Waals surface area contributed by atoms with Crippen molar-refractivity contribution in [2.24, 2.45) is 0 Å². The number of carbonyl (C=O) groups is 1. The molecular weight excluding hydrogens is 314 g/mol. The molecule has 1 amide bonds. The zero-order chi connectivity index (χ0) is 16.4. The number of nitrogens with zero attached hydrogens (tertiary/aromatic N) is 2. The van der Waals surface area contributed by atoms with Gasteiger partial charge in [0.1, 0.15) is 5.70 Å². The van der Waals surface area contributed by atoms with Crippen LogP contribution < -0.4 is 10.2 Å². The van der Waals surface area contributed by atoms with Crippen molar-refractivity contribution in [3.8, 4) is 0 Å². The maximum atomic E-state index is 12.5. The summed E-state index contributed by atoms with van der Waals surface area (Å²) in [5.74, 6) is -0.298. The molecule has 0 atom stereocenters. The van der Waals surface area contributed by atoms with Gasteiger partial charge in [-0.3, -0.25) is 19.8 Å². The lowest BCUT2D eigenvalue weighted by Gasteiger charge is -2.13. The third-order valence-electron chi connectivity index (χ3n) is 3.28. The summed E-state index contributed by atoms with van der Waals surface area (Å²) >= 11 is 5.21. The second kappa shape index (κ2) is 5.98. The molecule has 1 fully saturated rings. The molecule has 1 saturated heterocycles. The first-order valence-corrected chi connectivity index (χ1v) is 7.14. The molecule has 7 heteroatoms. The summed E-state index contributed by atoms with van der Waals surface area (Å²) in [6, 6.07) is 15.1. The Morgan fingerprint density at radius 3 is 2.57 bits per heavy atom. The summed E-state index contributed by atoms with van der Waals surface area (Å²) in [4.78, 5) is 24.2. The van der Waals surface area contributed by atoms with Gasteiger partial charge < -0.3 is 5.32 Å². The molecule has 0 aliphatic carbocycles. The molecule has 0 saturated carbocycles. The molecule has 1 heterocycles. The monoisotopic (exact) mass is 325 g/mol. The first-order valence-electron chi connectivity index (χ1n) is 6.73. The number of amides is 1. The molecule has 2 aromatic carbocycles. The molecule has 3 rings (SSSR count). The maximum Gasteiger partial charge on any atom is 0.281 e. The lowest BCUT2D eigenvalue weighted by Crippen LogP contribution is -2.30. The Bertz CT molecular complexity index is 833. The Morgan fingerprint density at radius 1 is 1.13 bits per heavy atom. The zero-order valence-electron chi connectivity index (χ0n) is 11.8. The smallest absolute Gasteiger partial charge is 0.281 e. The number of carbonyl (C=O) groups excluding carboxylic acids is 1. The van der Waals surface area contributed by atoms with Gasteiger partial charge in [0.15, 0.2) is 5.11 Å². The number of hydrogen-bond acceptors (Lipinski definition) is 4. The number of hydrogen-bond donors (Lipinski definition) is 1. The molecule has 114 valence electrons. The van der Waals surface area contributed by atoms with Gasteiger partial charge in [0.25, 0.3) is 11.6 Å². The SMILES string of the molecule is O=C1/C(=C\c2cccc([N+](=O)[O-])c2)NC(=S)N1c1ccccc1. The third-order valence-corrected chi connectivity index (χ3v) is 3.57. The summed E-state index contributed by atoms with van der Waals surface area (Å²) < 4.78 is 0. The van der Waals surface area contributed by atoms with E-state index in [1.807, 2.05) is 18.2 Å². The van der Waals surface area contributed by atoms with Gasteiger partial charge in [0.05, 0.1) is 10.6 Å². The van der Waals surface area contributed by atoms with E-state index in [2.05, 4.69) is 5.32 Å². The highest BCUT2D eigenvalue weighted by Crippen LogP contribution is 2.23. The molecule has 1 N–H and O–H groups in total. The van der Waals surface area contributed by atoms with Crippen molar-refractivity contribution in [1.82, 2.24) is 5.32 Å². The molecule has 0 bridgehead atoms. The minimum atomic E-state index is -0.479. The Hall–Kier alpha value is -3.06. The zero-order valence-corrected chi connectivity index (χ0v) is 12.6. The Balaban J connectivity index is 1.93. The lowest BCUT2D eigenvalue weighted by molar-refractivity contribution is -0.384. The van der Waals surface area contributed by atoms with Crippen LogP contribution in [0.1, 0.15) is 5.56 Å². The molecule has 0 aromatic heterocycles. The largest absolute Gasteiger partial charge is 0.327 e. The van der Waals surface area contributed by atoms with Gasteiger partial charge in [-0.25, -0.2) is 0 Å². The van der Waals surface area contributed by atoms with Crippen LogP contribution in [0.4, 0.5) is 11.4 Å². The van der Waals surface area contributed by atoms with Gasteiger partial charge in [-0.05, 0) is 36.0 Å². The van der Waals surface area contributed by atoms with E-state index in [1.54, 1.807) is 30.3 Å². The number of nitro benzene ring substituents is 1. The second-order valence-corrected chi connectivity index (χ2v) is 5.20. The third kappa shape index (κ3) is 2.95. The average molecular weight is 325 g/mol. The van der Waals surface area contributed by atoms with Crippen molar-refractivity contribution in [3.63, 3.8) is 0 Å². The van der Waals surface area contributed by atoms with Crippen LogP contribution in [0.3, 0.4) is 0 Å². The van der Waals surface area contributed by atoms with Gasteiger partial charge in [0.2, 0.25) is 0 Å². The summed E-state index contributed by atoms with van der Waals surface area (Å²) in [5, 5.41) is 13.9. The van der Waals surface area contributed by atoms with Crippen LogP contribution in [0.25, 0.3) is 6.08 Å². The predicted molar refractivity (Wildman–Crippen MR) is 90.7 cm³/mol. The molecule has 2 aromatic rings. The normalized spacial score (nSPS) is 15.8. The number of benzene rings is 2. The quantitative estimate of drug-likeness (QED) is 0.406. The van der Waals surface area contributed by atoms with Gasteiger partial charge in [-0.15, -0.1) is 0 Å². The highest BCUT2D eigenvalue weighted by molar-refractivity contribution is 7.80. The fourth-order valence-electron chi connectivity index (χ4n) is 2.24. The van der Waals surface area contributed by atoms with E-state index >= 15 is 0 Å². The summed E-state index contributed by atoms with van der Waals surface area (Å²) in [7, 11) is 0. The molecule has 0 spiro atoms. The molecular formula is C16H11N3O3S. The minimum absolute atomic E-state index is 0.0349. The van der Waals surface area contributed by atoms with Crippen molar-refractivity contribution in [2.75, 3.05) is 4.90 Å². The highest BCUT2D eigenvalue weighted by Gasteiger charge is 2.31. The summed E-state index contributed by atoms with van der Waals surface area (Å²) in [6.45, 7) is 0. The second-order valence-electron chi connectivity index (χ2n) is 4.82. The van der Waals surface area contributed by atoms with Gasteiger partial charge in [0, 0.05) is 12.1 Å². The minimum Gasteiger partial charge on any atom is -0.327 e. The van der Waals surface area contributed by atoms with Crippen LogP contribution in [0.5, 0.6) is 0 Å². The van der Waals surface area contributed by atoms with Crippen molar-refractivity contribution in [2.45, 2.75) is 0 Å². The van der Waals surface area contributed by atoms with Crippen molar-refractivity contribution < 1.29 is 9.72 Å². The summed E-state index contributed by atoms with van der Waals surface area (Å²) in [6.07, 6.45) is 1.55. The van der Waals surface area contributed by atoms with E-state index in [0.717, 1.165) is 0 Å². The van der Waals surface area contributed by atoms with E-state index in [0.29, 0.717) is 11.3 Å². The van der Waals surface area contributed by atoms with E-state index in [4.69, 9.17) is 12.2 Å². The van der Waals surface area contributed by atoms with E-state index in [1.165, 1.54) is 17.0 Å². The van der Waals surface area contributed by atoms with Crippen molar-refractivity contribution in [1.29, 1.82) is 0 Å². The predicted octanol–water partition coefficient (Wildman–Crippen LogP) is 2.86. The average Bonchev–Trinajstić information content (AvgIpc) is 2.82. The topological polar surface area (TPSA) is 75.5 Å². The molecule has 6 nitrogen and oxygen atoms in total. The maximum absolute atomic E-state index is 12.5. The lowest BCUT2D eigenvalue weighted by atomic mass is 10.1. The number of non-ortho nitro benzene ring substituents is 1. The Labute approximate surface area is 137 Å². The Kier molecular flexibility index (Phi) is 3.86. The molecule has 1 aliphatic heterocycles. The number of nitrogens with one attached hydrogen (secondary N) is 1. The molecule has 0 unspecified atom stereocenters. The Morgan fingerprint density at radius 2 is 1.87 bits per heavy atom. The number of rotatable bonds is 3. The number of anilines is 1. The number of thiocarbonyl (C=S) groups is 1. The van der Waals surface area contributed by atoms with Crippen molar-refractivity contribution in [3.05, 3.63) is 76.0 Å². The highest BCUT2D eigenvalue weighted by atomic mass is 32.1. The van der Waals surface area contributed by atoms with Crippen LogP contribution in [0.15, 0.2) is 60.3 Å². The standard InChI is InChI=1S/C16H11N3O3S/c20-15-14(10-11-5-4-8-13(9-11)19(21)22)17-16(23)18(15)12-6-2-1-3-7-12/h1-10H,(H,17,23)/b14-10+. The number of para-hydroxylation sites is 1. The fraction of sp³-hybridized carbons (Fsp3) is 0. The van der Waals surface area contributed by atoms with Gasteiger partial charge in [-0.1, -0.05) is 30.3 Å².